The van der Waals surface area contributed by atoms with Gasteiger partial charge >= 0.3 is 0 Å². The molecule has 0 unspecified atom stereocenters. The van der Waals surface area contributed by atoms with E-state index in [1.54, 1.807) is 12.1 Å². The van der Waals surface area contributed by atoms with Crippen molar-refractivity contribution in [3.8, 4) is 0 Å². The molecule has 45 heavy (non-hydrogen) atoms. The quantitative estimate of drug-likeness (QED) is 0.271. The van der Waals surface area contributed by atoms with Crippen molar-refractivity contribution in [1.29, 1.82) is 0 Å². The van der Waals surface area contributed by atoms with Crippen molar-refractivity contribution in [2.45, 2.75) is 115 Å². The van der Waals surface area contributed by atoms with Gasteiger partial charge in [0.1, 0.15) is 11.4 Å². The van der Waals surface area contributed by atoms with Crippen molar-refractivity contribution in [1.82, 2.24) is 15.2 Å². The smallest absolute Gasteiger partial charge is 0.246 e. The van der Waals surface area contributed by atoms with Crippen LogP contribution in [0.15, 0.2) is 48.5 Å². The molecular formula is C39H48FN3O2. The lowest BCUT2D eigenvalue weighted by molar-refractivity contribution is -0.152. The fourth-order valence-electron chi connectivity index (χ4n) is 11.2. The summed E-state index contributed by atoms with van der Waals surface area (Å²) in [5, 5.41) is 4.89. The first-order valence-electron chi connectivity index (χ1n) is 17.5. The van der Waals surface area contributed by atoms with Crippen molar-refractivity contribution in [2.75, 3.05) is 0 Å². The average Bonchev–Trinajstić information content (AvgIpc) is 3.33. The van der Waals surface area contributed by atoms with E-state index in [9.17, 15) is 9.59 Å². The summed E-state index contributed by atoms with van der Waals surface area (Å²) in [6.07, 6.45) is 10.6. The number of carbonyl (C=O) groups is 2. The Bertz CT molecular complexity index is 1610. The maximum atomic E-state index is 15.2. The van der Waals surface area contributed by atoms with Crippen molar-refractivity contribution in [3.05, 3.63) is 71.2 Å². The third-order valence-corrected chi connectivity index (χ3v) is 13.1. The molecule has 0 aliphatic heterocycles. The largest absolute Gasteiger partial charge is 0.358 e. The second-order valence-electron chi connectivity index (χ2n) is 16.3. The molecule has 6 saturated carbocycles. The Morgan fingerprint density at radius 2 is 1.56 bits per heavy atom. The van der Waals surface area contributed by atoms with Crippen molar-refractivity contribution in [3.63, 3.8) is 0 Å². The third-order valence-electron chi connectivity index (χ3n) is 13.1. The summed E-state index contributed by atoms with van der Waals surface area (Å²) in [7, 11) is 0. The predicted molar refractivity (Wildman–Crippen MR) is 175 cm³/mol. The van der Waals surface area contributed by atoms with Gasteiger partial charge in [0.05, 0.1) is 0 Å². The number of para-hydroxylation sites is 1. The van der Waals surface area contributed by atoms with E-state index in [4.69, 9.17) is 0 Å². The summed E-state index contributed by atoms with van der Waals surface area (Å²) in [6.45, 7) is 6.80. The van der Waals surface area contributed by atoms with Crippen LogP contribution in [-0.4, -0.2) is 32.8 Å². The molecule has 3 aromatic rings. The molecule has 6 aliphatic rings. The number of nitrogens with one attached hydrogen (secondary N) is 2. The van der Waals surface area contributed by atoms with Gasteiger partial charge in [-0.3, -0.25) is 9.59 Å². The van der Waals surface area contributed by atoms with Crippen LogP contribution in [0.3, 0.4) is 0 Å². The van der Waals surface area contributed by atoms with Crippen molar-refractivity contribution in [2.24, 2.45) is 29.1 Å². The number of aromatic amines is 1. The maximum Gasteiger partial charge on any atom is 0.246 e. The molecule has 2 amide bonds. The zero-order chi connectivity index (χ0) is 31.1. The highest BCUT2D eigenvalue weighted by Crippen LogP contribution is 2.67. The SMILES string of the molecule is Cc1[nH]c2ccccc2c1[C@H]1[C@H](CC(=O)N(Cc2ccccc2F)C2(C(=O)NC34CC5CC(CC(C5)C3)C4)CCCC2)C1(C)C. The van der Waals surface area contributed by atoms with Crippen LogP contribution in [0.4, 0.5) is 4.39 Å². The molecule has 0 radical (unpaired) electrons. The van der Waals surface area contributed by atoms with Gasteiger partial charge in [0.2, 0.25) is 11.8 Å². The third kappa shape index (κ3) is 4.76. The lowest BCUT2D eigenvalue weighted by Crippen LogP contribution is -2.66. The van der Waals surface area contributed by atoms with Crippen LogP contribution >= 0.6 is 0 Å². The molecule has 0 saturated heterocycles. The Kier molecular flexibility index (Phi) is 6.79. The molecular weight excluding hydrogens is 561 g/mol. The first-order valence-corrected chi connectivity index (χ1v) is 17.5. The molecule has 2 N–H and O–H groups in total. The highest BCUT2D eigenvalue weighted by atomic mass is 19.1. The Morgan fingerprint density at radius 3 is 2.22 bits per heavy atom. The molecule has 9 rings (SSSR count). The zero-order valence-electron chi connectivity index (χ0n) is 27.1. The minimum atomic E-state index is -0.937. The average molecular weight is 610 g/mol. The minimum Gasteiger partial charge on any atom is -0.358 e. The van der Waals surface area contributed by atoms with Crippen molar-refractivity contribution < 1.29 is 14.0 Å². The van der Waals surface area contributed by atoms with Gasteiger partial charge < -0.3 is 15.2 Å². The van der Waals surface area contributed by atoms with Gasteiger partial charge in [0, 0.05) is 40.7 Å². The van der Waals surface area contributed by atoms with Gasteiger partial charge in [-0.25, -0.2) is 4.39 Å². The van der Waals surface area contributed by atoms with Crippen LogP contribution in [0.5, 0.6) is 0 Å². The number of benzene rings is 2. The van der Waals surface area contributed by atoms with Crippen LogP contribution in [0, 0.1) is 41.8 Å². The fraction of sp³-hybridized carbons (Fsp3) is 0.590. The molecule has 2 atom stereocenters. The standard InChI is InChI=1S/C39H48FN3O2/c1-24-34(29-11-5-7-13-32(29)41-24)35-30(37(35,2)3)19-33(44)43(23-28-10-4-6-12-31(28)40)39(14-8-9-15-39)36(45)42-38-20-25-16-26(21-38)18-27(17-25)22-38/h4-7,10-13,25-27,30,35,41H,8-9,14-23H2,1-3H3,(H,42,45)/t25?,26?,27?,30-,35+,38?/m0/s1. The van der Waals surface area contributed by atoms with Crippen LogP contribution in [0.25, 0.3) is 10.9 Å². The lowest BCUT2D eigenvalue weighted by Gasteiger charge is -2.57. The van der Waals surface area contributed by atoms with Crippen molar-refractivity contribution >= 4 is 22.7 Å². The summed E-state index contributed by atoms with van der Waals surface area (Å²) in [5.41, 5.74) is 2.96. The van der Waals surface area contributed by atoms with Gasteiger partial charge in [-0.05, 0) is 111 Å². The molecule has 6 heteroatoms. The number of hydrogen-bond acceptors (Lipinski definition) is 2. The molecule has 5 nitrogen and oxygen atoms in total. The topological polar surface area (TPSA) is 65.2 Å². The number of carbonyl (C=O) groups excluding carboxylic acids is 2. The second-order valence-corrected chi connectivity index (χ2v) is 16.3. The molecule has 6 fully saturated rings. The highest BCUT2D eigenvalue weighted by molar-refractivity contribution is 5.93. The Labute approximate surface area is 266 Å². The Morgan fingerprint density at radius 1 is 0.933 bits per heavy atom. The molecule has 238 valence electrons. The van der Waals surface area contributed by atoms with Crippen LogP contribution in [-0.2, 0) is 16.1 Å². The summed E-state index contributed by atoms with van der Waals surface area (Å²) < 4.78 is 15.2. The Hall–Kier alpha value is -3.15. The van der Waals surface area contributed by atoms with E-state index in [1.165, 1.54) is 36.3 Å². The molecule has 1 aromatic heterocycles. The normalized spacial score (nSPS) is 32.1. The number of nitrogens with zero attached hydrogens (tertiary/aromatic N) is 1. The number of fused-ring (bicyclic) bond motifs is 1. The second kappa shape index (κ2) is 10.4. The summed E-state index contributed by atoms with van der Waals surface area (Å²) in [4.78, 5) is 34.9. The number of H-pyrrole nitrogens is 1. The van der Waals surface area contributed by atoms with E-state index in [1.807, 2.05) is 11.0 Å². The fourth-order valence-corrected chi connectivity index (χ4v) is 11.2. The van der Waals surface area contributed by atoms with Crippen LogP contribution in [0.1, 0.15) is 107 Å². The molecule has 4 bridgehead atoms. The molecule has 0 spiro atoms. The van der Waals surface area contributed by atoms with E-state index in [2.05, 4.69) is 55.3 Å². The van der Waals surface area contributed by atoms with Gasteiger partial charge in [-0.1, -0.05) is 63.1 Å². The lowest BCUT2D eigenvalue weighted by atomic mass is 9.53. The number of halogens is 1. The van der Waals surface area contributed by atoms with Gasteiger partial charge in [-0.15, -0.1) is 0 Å². The maximum absolute atomic E-state index is 15.2. The zero-order valence-corrected chi connectivity index (χ0v) is 27.1. The van der Waals surface area contributed by atoms with Crippen LogP contribution in [0.2, 0.25) is 0 Å². The summed E-state index contributed by atoms with van der Waals surface area (Å²) >= 11 is 0. The summed E-state index contributed by atoms with van der Waals surface area (Å²) in [5.74, 6) is 2.23. The number of hydrogen-bond donors (Lipinski definition) is 2. The van der Waals surface area contributed by atoms with E-state index < -0.39 is 5.54 Å². The van der Waals surface area contributed by atoms with E-state index in [0.717, 1.165) is 43.3 Å². The first kappa shape index (κ1) is 29.3. The number of rotatable bonds is 8. The Balaban J connectivity index is 1.11. The van der Waals surface area contributed by atoms with Crippen LogP contribution < -0.4 is 5.32 Å². The number of aryl methyl sites for hydroxylation is 1. The number of amides is 2. The van der Waals surface area contributed by atoms with E-state index >= 15 is 4.39 Å². The number of aromatic nitrogens is 1. The summed E-state index contributed by atoms with van der Waals surface area (Å²) in [6, 6.07) is 15.2. The molecule has 2 aromatic carbocycles. The monoisotopic (exact) mass is 609 g/mol. The van der Waals surface area contributed by atoms with E-state index in [0.29, 0.717) is 42.6 Å². The molecule has 6 aliphatic carbocycles. The van der Waals surface area contributed by atoms with Gasteiger partial charge in [0.25, 0.3) is 0 Å². The first-order chi connectivity index (χ1) is 21.6. The van der Waals surface area contributed by atoms with Gasteiger partial charge in [0.15, 0.2) is 0 Å². The van der Waals surface area contributed by atoms with Gasteiger partial charge in [-0.2, -0.15) is 0 Å². The predicted octanol–water partition coefficient (Wildman–Crippen LogP) is 8.17. The molecule has 1 heterocycles. The highest BCUT2D eigenvalue weighted by Gasteiger charge is 2.61. The van der Waals surface area contributed by atoms with E-state index in [-0.39, 0.29) is 47.0 Å². The minimum absolute atomic E-state index is 0.0149.